The van der Waals surface area contributed by atoms with Crippen molar-refractivity contribution < 1.29 is 13.2 Å². The minimum absolute atomic E-state index is 0.0270. The van der Waals surface area contributed by atoms with Gasteiger partial charge >= 0.3 is 6.18 Å². The van der Waals surface area contributed by atoms with Crippen LogP contribution in [0.2, 0.25) is 0 Å². The van der Waals surface area contributed by atoms with Crippen LogP contribution < -0.4 is 0 Å². The lowest BCUT2D eigenvalue weighted by atomic mass is 9.82. The molecule has 2 heterocycles. The maximum atomic E-state index is 12.8. The highest BCUT2D eigenvalue weighted by atomic mass is 32.1. The van der Waals surface area contributed by atoms with E-state index in [1.807, 2.05) is 19.1 Å². The molecular weight excluding hydrogens is 405 g/mol. The summed E-state index contributed by atoms with van der Waals surface area (Å²) < 4.78 is 39.1. The monoisotopic (exact) mass is 428 g/mol. The van der Waals surface area contributed by atoms with Gasteiger partial charge in [0.1, 0.15) is 6.33 Å². The molecular formula is C24H23F3N2S. The summed E-state index contributed by atoms with van der Waals surface area (Å²) in [4.78, 5) is 9.65. The van der Waals surface area contributed by atoms with E-state index >= 15 is 0 Å². The van der Waals surface area contributed by atoms with Crippen molar-refractivity contribution in [1.82, 2.24) is 9.97 Å². The third kappa shape index (κ3) is 3.93. The zero-order chi connectivity index (χ0) is 21.7. The van der Waals surface area contributed by atoms with Crippen LogP contribution in [0.25, 0.3) is 32.2 Å². The summed E-state index contributed by atoms with van der Waals surface area (Å²) in [5.41, 5.74) is 4.46. The molecule has 0 aliphatic heterocycles. The van der Waals surface area contributed by atoms with Crippen molar-refractivity contribution in [3.63, 3.8) is 0 Å². The summed E-state index contributed by atoms with van der Waals surface area (Å²) in [5.74, 6) is 0. The lowest BCUT2D eigenvalue weighted by molar-refractivity contribution is -0.133. The lowest BCUT2D eigenvalue weighted by Gasteiger charge is -2.22. The molecule has 0 saturated heterocycles. The average molecular weight is 429 g/mol. The van der Waals surface area contributed by atoms with Crippen LogP contribution in [0.5, 0.6) is 0 Å². The number of hydrogen-bond donors (Lipinski definition) is 0. The van der Waals surface area contributed by atoms with Crippen molar-refractivity contribution in [2.75, 3.05) is 0 Å². The number of aromatic nitrogens is 2. The predicted octanol–water partition coefficient (Wildman–Crippen LogP) is 7.61. The number of alkyl halides is 3. The topological polar surface area (TPSA) is 25.8 Å². The Bertz CT molecular complexity index is 1230. The van der Waals surface area contributed by atoms with Gasteiger partial charge in [-0.3, -0.25) is 0 Å². The third-order valence-corrected chi connectivity index (χ3v) is 6.73. The van der Waals surface area contributed by atoms with Gasteiger partial charge in [-0.2, -0.15) is 13.2 Å². The fraction of sp³-hybridized carbons (Fsp3) is 0.333. The summed E-state index contributed by atoms with van der Waals surface area (Å²) in [6.45, 7) is 8.39. The highest BCUT2D eigenvalue weighted by Crippen LogP contribution is 2.40. The van der Waals surface area contributed by atoms with E-state index in [0.717, 1.165) is 37.3 Å². The van der Waals surface area contributed by atoms with Crippen LogP contribution in [0, 0.1) is 6.92 Å². The van der Waals surface area contributed by atoms with Gasteiger partial charge in [-0.25, -0.2) is 9.97 Å². The highest BCUT2D eigenvalue weighted by molar-refractivity contribution is 7.19. The Morgan fingerprint density at radius 1 is 1.00 bits per heavy atom. The first kappa shape index (κ1) is 20.8. The van der Waals surface area contributed by atoms with Crippen LogP contribution in [0.1, 0.15) is 43.2 Å². The number of benzene rings is 2. The first-order valence-corrected chi connectivity index (χ1v) is 10.7. The van der Waals surface area contributed by atoms with Crippen LogP contribution >= 0.6 is 11.3 Å². The Labute approximate surface area is 177 Å². The van der Waals surface area contributed by atoms with E-state index in [2.05, 4.69) is 55.0 Å². The molecule has 0 saturated carbocycles. The molecule has 0 unspecified atom stereocenters. The van der Waals surface area contributed by atoms with Gasteiger partial charge in [-0.15, -0.1) is 11.3 Å². The van der Waals surface area contributed by atoms with Crippen molar-refractivity contribution >= 4 is 32.3 Å². The number of fused-ring (bicyclic) bond motifs is 2. The molecule has 0 amide bonds. The lowest BCUT2D eigenvalue weighted by Crippen LogP contribution is -2.12. The van der Waals surface area contributed by atoms with Gasteiger partial charge in [0.25, 0.3) is 0 Å². The summed E-state index contributed by atoms with van der Waals surface area (Å²) in [6.07, 6.45) is -3.51. The quantitative estimate of drug-likeness (QED) is 0.335. The minimum atomic E-state index is -4.17. The molecule has 156 valence electrons. The largest absolute Gasteiger partial charge is 0.389 e. The smallest absolute Gasteiger partial charge is 0.235 e. The first-order valence-electron chi connectivity index (χ1n) is 9.88. The van der Waals surface area contributed by atoms with Crippen LogP contribution in [-0.2, 0) is 11.8 Å². The molecule has 30 heavy (non-hydrogen) atoms. The zero-order valence-corrected chi connectivity index (χ0v) is 18.2. The zero-order valence-electron chi connectivity index (χ0n) is 17.4. The van der Waals surface area contributed by atoms with Crippen LogP contribution in [-0.4, -0.2) is 16.1 Å². The Hall–Kier alpha value is -2.47. The molecule has 0 aliphatic rings. The SMILES string of the molecule is Cc1c(CCC(F)(F)F)sc2c(-c3cc(C(C)(C)C)c4ccccc4c3)ncnc12. The van der Waals surface area contributed by atoms with Crippen molar-refractivity contribution in [2.45, 2.75) is 52.1 Å². The number of rotatable bonds is 3. The molecule has 0 N–H and O–H groups in total. The molecule has 0 radical (unpaired) electrons. The van der Waals surface area contributed by atoms with Crippen LogP contribution in [0.15, 0.2) is 42.7 Å². The summed E-state index contributed by atoms with van der Waals surface area (Å²) in [6, 6.07) is 12.5. The third-order valence-electron chi connectivity index (χ3n) is 5.38. The van der Waals surface area contributed by atoms with Gasteiger partial charge in [-0.05, 0) is 52.8 Å². The summed E-state index contributed by atoms with van der Waals surface area (Å²) in [5, 5.41) is 2.32. The number of thiophene rings is 1. The fourth-order valence-corrected chi connectivity index (χ4v) is 5.11. The molecule has 0 bridgehead atoms. The standard InChI is InChI=1S/C24H23F3N2S/c1-14-19(9-10-24(25,26)27)30-22-20(14)28-13-29-21(22)16-11-15-7-5-6-8-17(15)18(12-16)23(2,3)4/h5-8,11-13H,9-10H2,1-4H3. The maximum Gasteiger partial charge on any atom is 0.389 e. The summed E-state index contributed by atoms with van der Waals surface area (Å²) >= 11 is 1.38. The van der Waals surface area contributed by atoms with E-state index in [1.54, 1.807) is 0 Å². The average Bonchev–Trinajstić information content (AvgIpc) is 3.00. The molecule has 2 nitrogen and oxygen atoms in total. The van der Waals surface area contributed by atoms with Crippen LogP contribution in [0.3, 0.4) is 0 Å². The van der Waals surface area contributed by atoms with Crippen molar-refractivity contribution in [2.24, 2.45) is 0 Å². The van der Waals surface area contributed by atoms with Gasteiger partial charge in [0.2, 0.25) is 0 Å². The second kappa shape index (κ2) is 7.34. The molecule has 0 atom stereocenters. The minimum Gasteiger partial charge on any atom is -0.235 e. The van der Waals surface area contributed by atoms with Crippen molar-refractivity contribution in [3.05, 3.63) is 58.7 Å². The van der Waals surface area contributed by atoms with E-state index in [0.29, 0.717) is 0 Å². The Kier molecular flexibility index (Phi) is 5.09. The molecule has 0 fully saturated rings. The second-order valence-electron chi connectivity index (χ2n) is 8.66. The molecule has 4 rings (SSSR count). The number of hydrogen-bond acceptors (Lipinski definition) is 3. The van der Waals surface area contributed by atoms with Crippen LogP contribution in [0.4, 0.5) is 13.2 Å². The summed E-state index contributed by atoms with van der Waals surface area (Å²) in [7, 11) is 0. The number of aryl methyl sites for hydroxylation is 2. The van der Waals surface area contributed by atoms with Gasteiger partial charge in [0.05, 0.1) is 15.9 Å². The van der Waals surface area contributed by atoms with E-state index in [-0.39, 0.29) is 11.8 Å². The maximum absolute atomic E-state index is 12.8. The Morgan fingerprint density at radius 2 is 1.73 bits per heavy atom. The van der Waals surface area contributed by atoms with E-state index < -0.39 is 12.6 Å². The Balaban J connectivity index is 1.91. The Morgan fingerprint density at radius 3 is 2.43 bits per heavy atom. The first-order chi connectivity index (χ1) is 14.0. The molecule has 0 spiro atoms. The fourth-order valence-electron chi connectivity index (χ4n) is 3.84. The molecule has 0 aliphatic carbocycles. The van der Waals surface area contributed by atoms with Gasteiger partial charge in [-0.1, -0.05) is 45.0 Å². The van der Waals surface area contributed by atoms with Gasteiger partial charge in [0.15, 0.2) is 0 Å². The normalized spacial score (nSPS) is 12.8. The van der Waals surface area contributed by atoms with Gasteiger partial charge < -0.3 is 0 Å². The molecule has 4 aromatic rings. The number of nitrogens with zero attached hydrogens (tertiary/aromatic N) is 2. The van der Waals surface area contributed by atoms with E-state index in [9.17, 15) is 13.2 Å². The second-order valence-corrected chi connectivity index (χ2v) is 9.77. The van der Waals surface area contributed by atoms with Crippen molar-refractivity contribution in [1.29, 1.82) is 0 Å². The molecule has 2 aromatic heterocycles. The molecule has 2 aromatic carbocycles. The molecule has 6 heteroatoms. The van der Waals surface area contributed by atoms with Gasteiger partial charge in [0, 0.05) is 16.9 Å². The highest BCUT2D eigenvalue weighted by Gasteiger charge is 2.28. The van der Waals surface area contributed by atoms with Crippen molar-refractivity contribution in [3.8, 4) is 11.3 Å². The number of halogens is 3. The van der Waals surface area contributed by atoms with E-state index in [1.165, 1.54) is 28.6 Å². The van der Waals surface area contributed by atoms with E-state index in [4.69, 9.17) is 0 Å². The predicted molar refractivity (Wildman–Crippen MR) is 118 cm³/mol.